The zero-order valence-electron chi connectivity index (χ0n) is 25.1. The van der Waals surface area contributed by atoms with Crippen LogP contribution in [-0.2, 0) is 26.7 Å². The van der Waals surface area contributed by atoms with E-state index < -0.39 is 15.4 Å². The first-order valence-electron chi connectivity index (χ1n) is 15.0. The summed E-state index contributed by atoms with van der Waals surface area (Å²) >= 11 is 0. The minimum absolute atomic E-state index is 0.148. The minimum atomic E-state index is -3.99. The number of anilines is 3. The van der Waals surface area contributed by atoms with Crippen LogP contribution in [0.4, 0.5) is 17.2 Å². The van der Waals surface area contributed by atoms with E-state index in [2.05, 4.69) is 44.0 Å². The number of fused-ring (bicyclic) bond motifs is 1. The number of likely N-dealkylation sites (N-methyl/N-ethyl adjacent to an activating group) is 1. The third-order valence-corrected chi connectivity index (χ3v) is 10.2. The molecular weight excluding hydrogens is 566 g/mol. The number of rotatable bonds is 7. The van der Waals surface area contributed by atoms with Crippen LogP contribution < -0.4 is 20.9 Å². The molecule has 0 aliphatic carbocycles. The number of ether oxygens (including phenoxy) is 1. The van der Waals surface area contributed by atoms with Gasteiger partial charge in [0.05, 0.1) is 16.2 Å². The molecule has 43 heavy (non-hydrogen) atoms. The van der Waals surface area contributed by atoms with Crippen LogP contribution in [0.3, 0.4) is 0 Å². The number of carbonyl (C=O) groups is 1. The van der Waals surface area contributed by atoms with Gasteiger partial charge in [-0.1, -0.05) is 32.0 Å². The van der Waals surface area contributed by atoms with Crippen LogP contribution in [0, 0.1) is 0 Å². The molecule has 0 unspecified atom stereocenters. The van der Waals surface area contributed by atoms with Crippen LogP contribution in [-0.4, -0.2) is 87.4 Å². The van der Waals surface area contributed by atoms with Gasteiger partial charge in [0.25, 0.3) is 15.9 Å². The van der Waals surface area contributed by atoms with Crippen LogP contribution in [0.1, 0.15) is 48.3 Å². The molecule has 1 amide bonds. The molecule has 6 rings (SSSR count). The van der Waals surface area contributed by atoms with Gasteiger partial charge in [-0.2, -0.15) is 12.5 Å². The van der Waals surface area contributed by atoms with Gasteiger partial charge in [0, 0.05) is 80.9 Å². The van der Waals surface area contributed by atoms with Gasteiger partial charge >= 0.3 is 0 Å². The summed E-state index contributed by atoms with van der Waals surface area (Å²) in [7, 11) is -1.86. The Morgan fingerprint density at radius 2 is 1.77 bits per heavy atom. The monoisotopic (exact) mass is 607 g/mol. The molecule has 2 saturated heterocycles. The maximum atomic E-state index is 14.0. The van der Waals surface area contributed by atoms with E-state index in [4.69, 9.17) is 4.74 Å². The first-order valence-corrected chi connectivity index (χ1v) is 16.4. The number of amides is 1. The van der Waals surface area contributed by atoms with Crippen molar-refractivity contribution in [2.45, 2.75) is 49.6 Å². The third kappa shape index (κ3) is 6.01. The predicted octanol–water partition coefficient (Wildman–Crippen LogP) is 3.10. The van der Waals surface area contributed by atoms with Crippen molar-refractivity contribution < 1.29 is 17.9 Å². The van der Waals surface area contributed by atoms with Crippen molar-refractivity contribution in [3.8, 4) is 0 Å². The standard InChI is InChI=1S/C31H41N7O4S/c1-31(2)21-32-20-26-28(31)38(43(40,41)24-7-5-4-6-8-24)35-29(26)34-30(39)25-10-9-23(37-15-13-36(3)14-16-37)19-27(25)33-22-11-17-42-18-12-22/h4-10,19,22,32-33H,11-18,20-21H2,1-3H3,(H,34,35,39). The first kappa shape index (κ1) is 29.6. The molecule has 12 heteroatoms. The van der Waals surface area contributed by atoms with Crippen molar-refractivity contribution in [1.82, 2.24) is 19.4 Å². The van der Waals surface area contributed by atoms with Crippen LogP contribution >= 0.6 is 0 Å². The van der Waals surface area contributed by atoms with Gasteiger partial charge < -0.3 is 30.5 Å². The summed E-state index contributed by atoms with van der Waals surface area (Å²) in [5.41, 5.74) is 3.03. The molecule has 3 N–H and O–H groups in total. The average molecular weight is 608 g/mol. The topological polar surface area (TPSA) is 121 Å². The van der Waals surface area contributed by atoms with Crippen LogP contribution in [0.5, 0.6) is 0 Å². The Kier molecular flexibility index (Phi) is 8.20. The lowest BCUT2D eigenvalue weighted by Gasteiger charge is -2.34. The highest BCUT2D eigenvalue weighted by molar-refractivity contribution is 7.89. The largest absolute Gasteiger partial charge is 0.381 e. The number of hydrogen-bond donors (Lipinski definition) is 3. The maximum Gasteiger partial charge on any atom is 0.283 e. The van der Waals surface area contributed by atoms with Crippen molar-refractivity contribution in [2.75, 3.05) is 68.5 Å². The smallest absolute Gasteiger partial charge is 0.283 e. The molecule has 4 heterocycles. The number of hydrogen-bond acceptors (Lipinski definition) is 9. The van der Waals surface area contributed by atoms with Gasteiger partial charge in [0.15, 0.2) is 5.82 Å². The first-order chi connectivity index (χ1) is 20.6. The lowest BCUT2D eigenvalue weighted by Crippen LogP contribution is -2.44. The molecule has 3 aliphatic heterocycles. The van der Waals surface area contributed by atoms with Gasteiger partial charge in [-0.25, -0.2) is 0 Å². The second-order valence-electron chi connectivity index (χ2n) is 12.3. The highest BCUT2D eigenvalue weighted by Gasteiger charge is 2.39. The zero-order valence-corrected chi connectivity index (χ0v) is 25.9. The van der Waals surface area contributed by atoms with Gasteiger partial charge in [0.2, 0.25) is 0 Å². The highest BCUT2D eigenvalue weighted by atomic mass is 32.2. The summed E-state index contributed by atoms with van der Waals surface area (Å²) in [5, 5.41) is 14.5. The lowest BCUT2D eigenvalue weighted by molar-refractivity contribution is 0.0904. The van der Waals surface area contributed by atoms with Gasteiger partial charge in [-0.3, -0.25) is 4.79 Å². The van der Waals surface area contributed by atoms with Gasteiger partial charge in [-0.15, -0.1) is 5.10 Å². The van der Waals surface area contributed by atoms with E-state index in [0.29, 0.717) is 43.1 Å². The second kappa shape index (κ2) is 11.9. The number of carbonyl (C=O) groups excluding carboxylic acids is 1. The molecular formula is C31H41N7O4S. The number of nitrogens with zero attached hydrogens (tertiary/aromatic N) is 4. The fraction of sp³-hybridized carbons (Fsp3) is 0.484. The van der Waals surface area contributed by atoms with Crippen molar-refractivity contribution >= 4 is 33.1 Å². The number of aromatic nitrogens is 2. The Balaban J connectivity index is 1.35. The Morgan fingerprint density at radius 1 is 1.05 bits per heavy atom. The van der Waals surface area contributed by atoms with Crippen LogP contribution in [0.15, 0.2) is 53.4 Å². The van der Waals surface area contributed by atoms with Gasteiger partial charge in [0.1, 0.15) is 0 Å². The molecule has 3 aliphatic rings. The van der Waals surface area contributed by atoms with E-state index in [1.165, 1.54) is 0 Å². The number of benzene rings is 2. The molecule has 0 radical (unpaired) electrons. The van der Waals surface area contributed by atoms with E-state index in [1.54, 1.807) is 30.3 Å². The second-order valence-corrected chi connectivity index (χ2v) is 14.1. The molecule has 1 aromatic heterocycles. The molecule has 230 valence electrons. The Hall–Kier alpha value is -3.45. The zero-order chi connectivity index (χ0) is 30.2. The molecule has 2 fully saturated rings. The van der Waals surface area contributed by atoms with E-state index in [-0.39, 0.29) is 22.7 Å². The summed E-state index contributed by atoms with van der Waals surface area (Å²) in [4.78, 5) is 18.8. The van der Waals surface area contributed by atoms with Gasteiger partial charge in [-0.05, 0) is 50.2 Å². The fourth-order valence-corrected chi connectivity index (χ4v) is 7.65. The maximum absolute atomic E-state index is 14.0. The highest BCUT2D eigenvalue weighted by Crippen LogP contribution is 2.36. The van der Waals surface area contributed by atoms with Crippen molar-refractivity contribution in [2.24, 2.45) is 0 Å². The Bertz CT molecular complexity index is 1570. The van der Waals surface area contributed by atoms with E-state index in [9.17, 15) is 13.2 Å². The molecule has 11 nitrogen and oxygen atoms in total. The summed E-state index contributed by atoms with van der Waals surface area (Å²) < 4.78 is 34.2. The number of piperazine rings is 1. The van der Waals surface area contributed by atoms with E-state index in [1.807, 2.05) is 26.0 Å². The average Bonchev–Trinajstić information content (AvgIpc) is 3.39. The normalized spacial score (nSPS) is 19.6. The number of nitrogens with one attached hydrogen (secondary N) is 3. The van der Waals surface area contributed by atoms with Crippen LogP contribution in [0.2, 0.25) is 0 Å². The molecule has 0 spiro atoms. The summed E-state index contributed by atoms with van der Waals surface area (Å²) in [5.74, 6) is -0.0904. The van der Waals surface area contributed by atoms with Crippen molar-refractivity contribution in [3.63, 3.8) is 0 Å². The van der Waals surface area contributed by atoms with E-state index in [0.717, 1.165) is 54.5 Å². The Labute approximate surface area is 253 Å². The van der Waals surface area contributed by atoms with E-state index >= 15 is 0 Å². The Morgan fingerprint density at radius 3 is 2.49 bits per heavy atom. The summed E-state index contributed by atoms with van der Waals surface area (Å²) in [6, 6.07) is 14.4. The minimum Gasteiger partial charge on any atom is -0.381 e. The third-order valence-electron chi connectivity index (χ3n) is 8.66. The molecule has 0 saturated carbocycles. The fourth-order valence-electron chi connectivity index (χ4n) is 6.16. The summed E-state index contributed by atoms with van der Waals surface area (Å²) in [6.07, 6.45) is 1.71. The molecule has 0 bridgehead atoms. The molecule has 2 aromatic carbocycles. The lowest BCUT2D eigenvalue weighted by atomic mass is 9.84. The predicted molar refractivity (Wildman–Crippen MR) is 168 cm³/mol. The van der Waals surface area contributed by atoms with Crippen molar-refractivity contribution in [3.05, 3.63) is 65.4 Å². The SMILES string of the molecule is CN1CCN(c2ccc(C(=O)Nc3nn(S(=O)(=O)c4ccccc4)c4c3CNCC4(C)C)c(NC3CCOCC3)c2)CC1. The van der Waals surface area contributed by atoms with Crippen molar-refractivity contribution in [1.29, 1.82) is 0 Å². The summed E-state index contributed by atoms with van der Waals surface area (Å²) in [6.45, 7) is 10.1. The molecule has 0 atom stereocenters. The molecule has 3 aromatic rings. The van der Waals surface area contributed by atoms with Crippen LogP contribution in [0.25, 0.3) is 0 Å². The quantitative estimate of drug-likeness (QED) is 0.372.